The minimum atomic E-state index is -0.0184. The molecule has 2 aromatic heterocycles. The maximum absolute atomic E-state index is 6.79. The van der Waals surface area contributed by atoms with E-state index in [0.717, 1.165) is 25.2 Å². The van der Waals surface area contributed by atoms with Gasteiger partial charge in [-0.1, -0.05) is 41.9 Å². The lowest BCUT2D eigenvalue weighted by atomic mass is 10.0. The molecule has 0 spiro atoms. The van der Waals surface area contributed by atoms with Crippen LogP contribution in [0.2, 0.25) is 5.02 Å². The van der Waals surface area contributed by atoms with Gasteiger partial charge in [-0.3, -0.25) is 9.94 Å². The van der Waals surface area contributed by atoms with Crippen molar-refractivity contribution in [3.05, 3.63) is 52.7 Å². The zero-order valence-electron chi connectivity index (χ0n) is 19.3. The third kappa shape index (κ3) is 5.20. The number of morpholine rings is 1. The Hall–Kier alpha value is -2.92. The Morgan fingerprint density at radius 3 is 2.74 bits per heavy atom. The molecular weight excluding hydrogens is 468 g/mol. The molecule has 4 N–H and O–H groups in total. The van der Waals surface area contributed by atoms with Crippen LogP contribution >= 0.6 is 11.6 Å². The fourth-order valence-electron chi connectivity index (χ4n) is 4.46. The molecule has 1 aromatic carbocycles. The molecular formula is C24H29ClN8O2. The van der Waals surface area contributed by atoms with Crippen molar-refractivity contribution in [1.29, 1.82) is 0 Å². The van der Waals surface area contributed by atoms with Crippen molar-refractivity contribution in [3.8, 4) is 0 Å². The molecule has 2 unspecified atom stereocenters. The summed E-state index contributed by atoms with van der Waals surface area (Å²) in [5.74, 6) is 2.97. The van der Waals surface area contributed by atoms with E-state index in [2.05, 4.69) is 48.3 Å². The number of aromatic amines is 1. The lowest BCUT2D eigenvalue weighted by molar-refractivity contribution is 0.0332. The topological polar surface area (TPSA) is 112 Å². The van der Waals surface area contributed by atoms with Crippen molar-refractivity contribution in [1.82, 2.24) is 25.6 Å². The van der Waals surface area contributed by atoms with Gasteiger partial charge in [-0.05, 0) is 24.8 Å². The molecule has 1 aliphatic carbocycles. The highest BCUT2D eigenvalue weighted by atomic mass is 35.5. The average molecular weight is 497 g/mol. The Bertz CT molecular complexity index is 1150. The molecule has 6 rings (SSSR count). The lowest BCUT2D eigenvalue weighted by Gasteiger charge is -2.29. The van der Waals surface area contributed by atoms with Gasteiger partial charge in [0.15, 0.2) is 17.5 Å². The molecule has 2 saturated heterocycles. The van der Waals surface area contributed by atoms with Crippen LogP contribution in [-0.2, 0) is 9.57 Å². The molecule has 2 aliphatic heterocycles. The molecule has 2 atom stereocenters. The van der Waals surface area contributed by atoms with E-state index in [1.807, 2.05) is 24.3 Å². The first-order valence-corrected chi connectivity index (χ1v) is 12.5. The van der Waals surface area contributed by atoms with Crippen molar-refractivity contribution < 1.29 is 9.57 Å². The summed E-state index contributed by atoms with van der Waals surface area (Å²) >= 11 is 6.79. The number of hydroxylamine groups is 1. The van der Waals surface area contributed by atoms with Crippen LogP contribution < -0.4 is 21.0 Å². The highest BCUT2D eigenvalue weighted by molar-refractivity contribution is 6.35. The summed E-state index contributed by atoms with van der Waals surface area (Å²) in [7, 11) is 0. The van der Waals surface area contributed by atoms with Crippen molar-refractivity contribution in [2.45, 2.75) is 37.3 Å². The first kappa shape index (κ1) is 22.5. The number of hydrogen-bond acceptors (Lipinski definition) is 9. The largest absolute Gasteiger partial charge is 0.378 e. The molecule has 3 aliphatic rings. The Labute approximate surface area is 208 Å². The summed E-state index contributed by atoms with van der Waals surface area (Å²) < 4.78 is 5.51. The van der Waals surface area contributed by atoms with Gasteiger partial charge in [-0.15, -0.1) is 0 Å². The van der Waals surface area contributed by atoms with Gasteiger partial charge in [0.1, 0.15) is 5.02 Å². The maximum Gasteiger partial charge on any atom is 0.226 e. The van der Waals surface area contributed by atoms with Gasteiger partial charge in [-0.25, -0.2) is 0 Å². The summed E-state index contributed by atoms with van der Waals surface area (Å²) in [6, 6.07) is 12.5. The number of aromatic nitrogens is 4. The van der Waals surface area contributed by atoms with Gasteiger partial charge in [0.25, 0.3) is 0 Å². The number of nitrogens with one attached hydrogen (secondary N) is 4. The minimum Gasteiger partial charge on any atom is -0.378 e. The standard InChI is InChI=1S/C24H29ClN8O2/c25-21-22(27-20-13-18(30-31-20)16-6-7-16)28-24(29-23(21)33-8-10-34-11-9-33)26-14-17-12-19(32-35-17)15-4-2-1-3-5-15/h1-5,13,16-17,19,32H,6-12,14H2,(H3,26,27,28,29,30,31). The zero-order chi connectivity index (χ0) is 23.6. The van der Waals surface area contributed by atoms with E-state index >= 15 is 0 Å². The van der Waals surface area contributed by atoms with E-state index in [1.54, 1.807) is 0 Å². The van der Waals surface area contributed by atoms with Crippen LogP contribution in [0.3, 0.4) is 0 Å². The van der Waals surface area contributed by atoms with E-state index in [0.29, 0.717) is 54.1 Å². The van der Waals surface area contributed by atoms with Gasteiger partial charge >= 0.3 is 0 Å². The van der Waals surface area contributed by atoms with E-state index < -0.39 is 0 Å². The van der Waals surface area contributed by atoms with Crippen molar-refractivity contribution in [3.63, 3.8) is 0 Å². The average Bonchev–Trinajstić information content (AvgIpc) is 3.46. The van der Waals surface area contributed by atoms with Crippen molar-refractivity contribution >= 4 is 35.0 Å². The molecule has 35 heavy (non-hydrogen) atoms. The molecule has 184 valence electrons. The van der Waals surface area contributed by atoms with E-state index in [-0.39, 0.29) is 12.1 Å². The number of rotatable bonds is 8. The molecule has 0 amide bonds. The van der Waals surface area contributed by atoms with Crippen LogP contribution in [0.5, 0.6) is 0 Å². The van der Waals surface area contributed by atoms with Gasteiger partial charge in [0.05, 0.1) is 25.4 Å². The quantitative estimate of drug-likeness (QED) is 0.370. The number of halogens is 1. The summed E-state index contributed by atoms with van der Waals surface area (Å²) in [6.07, 6.45) is 3.24. The first-order valence-electron chi connectivity index (χ1n) is 12.2. The number of anilines is 4. The minimum absolute atomic E-state index is 0.0184. The lowest BCUT2D eigenvalue weighted by Crippen LogP contribution is -2.37. The fourth-order valence-corrected chi connectivity index (χ4v) is 4.72. The molecule has 3 aromatic rings. The second kappa shape index (κ2) is 9.98. The van der Waals surface area contributed by atoms with Crippen LogP contribution in [0, 0.1) is 0 Å². The molecule has 4 heterocycles. The van der Waals surface area contributed by atoms with Gasteiger partial charge in [0.2, 0.25) is 5.95 Å². The van der Waals surface area contributed by atoms with Gasteiger partial charge in [0, 0.05) is 37.3 Å². The molecule has 1 saturated carbocycles. The van der Waals surface area contributed by atoms with Gasteiger partial charge < -0.3 is 20.3 Å². The Balaban J connectivity index is 1.18. The molecule has 0 radical (unpaired) electrons. The zero-order valence-corrected chi connectivity index (χ0v) is 20.1. The summed E-state index contributed by atoms with van der Waals surface area (Å²) in [6.45, 7) is 3.28. The van der Waals surface area contributed by atoms with Crippen molar-refractivity contribution in [2.75, 3.05) is 48.4 Å². The maximum atomic E-state index is 6.79. The highest BCUT2D eigenvalue weighted by Crippen LogP contribution is 2.40. The van der Waals surface area contributed by atoms with E-state index in [4.69, 9.17) is 26.2 Å². The second-order valence-electron chi connectivity index (χ2n) is 9.18. The van der Waals surface area contributed by atoms with Crippen LogP contribution in [0.25, 0.3) is 0 Å². The summed E-state index contributed by atoms with van der Waals surface area (Å²) in [5, 5.41) is 14.6. The van der Waals surface area contributed by atoms with Crippen LogP contribution in [0.1, 0.15) is 42.5 Å². The Kier molecular flexibility index (Phi) is 6.43. The van der Waals surface area contributed by atoms with Gasteiger partial charge in [-0.2, -0.15) is 20.5 Å². The predicted octanol–water partition coefficient (Wildman–Crippen LogP) is 3.76. The fraction of sp³-hybridized carbons (Fsp3) is 0.458. The molecule has 3 fully saturated rings. The number of H-pyrrole nitrogens is 1. The molecule has 11 heteroatoms. The summed E-state index contributed by atoms with van der Waals surface area (Å²) in [4.78, 5) is 17.4. The summed E-state index contributed by atoms with van der Waals surface area (Å²) in [5.41, 5.74) is 5.50. The predicted molar refractivity (Wildman–Crippen MR) is 134 cm³/mol. The van der Waals surface area contributed by atoms with Crippen LogP contribution in [0.15, 0.2) is 36.4 Å². The number of nitrogens with zero attached hydrogens (tertiary/aromatic N) is 4. The number of hydrogen-bond donors (Lipinski definition) is 4. The Morgan fingerprint density at radius 1 is 1.11 bits per heavy atom. The third-order valence-electron chi connectivity index (χ3n) is 6.57. The number of benzene rings is 1. The normalized spacial score (nSPS) is 22.4. The van der Waals surface area contributed by atoms with Crippen LogP contribution in [0.4, 0.5) is 23.4 Å². The Morgan fingerprint density at radius 2 is 1.94 bits per heavy atom. The van der Waals surface area contributed by atoms with Crippen LogP contribution in [-0.4, -0.2) is 59.1 Å². The highest BCUT2D eigenvalue weighted by Gasteiger charge is 2.28. The SMILES string of the molecule is Clc1c(Nc2cc(C3CC3)[nH]n2)nc(NCC2CC(c3ccccc3)NO2)nc1N1CCOCC1. The third-order valence-corrected chi connectivity index (χ3v) is 6.92. The van der Waals surface area contributed by atoms with E-state index in [1.165, 1.54) is 18.4 Å². The monoisotopic (exact) mass is 496 g/mol. The smallest absolute Gasteiger partial charge is 0.226 e. The molecule has 0 bridgehead atoms. The second-order valence-corrected chi connectivity index (χ2v) is 9.56. The first-order chi connectivity index (χ1) is 17.2. The number of ether oxygens (including phenoxy) is 1. The van der Waals surface area contributed by atoms with Crippen molar-refractivity contribution in [2.24, 2.45) is 0 Å². The van der Waals surface area contributed by atoms with E-state index in [9.17, 15) is 0 Å². The molecule has 10 nitrogen and oxygen atoms in total.